The van der Waals surface area contributed by atoms with Gasteiger partial charge in [-0.2, -0.15) is 0 Å². The Bertz CT molecular complexity index is 858. The number of amides is 2. The molecular formula is C22H24N2O6. The summed E-state index contributed by atoms with van der Waals surface area (Å²) in [5.74, 6) is -0.627. The molecular weight excluding hydrogens is 388 g/mol. The van der Waals surface area contributed by atoms with Crippen molar-refractivity contribution in [1.29, 1.82) is 0 Å². The number of nitrogens with one attached hydrogen (secondary N) is 1. The Morgan fingerprint density at radius 2 is 1.50 bits per heavy atom. The number of nitrogens with zero attached hydrogens (tertiary/aromatic N) is 1. The highest BCUT2D eigenvalue weighted by Crippen LogP contribution is 2.21. The Kier molecular flexibility index (Phi) is 7.26. The molecule has 30 heavy (non-hydrogen) atoms. The predicted octanol–water partition coefficient (Wildman–Crippen LogP) is 2.87. The topological polar surface area (TPSA) is 94.2 Å². The number of likely N-dealkylation sites (tertiary alicyclic amines) is 1. The Morgan fingerprint density at radius 1 is 0.933 bits per heavy atom. The molecule has 2 atom stereocenters. The largest absolute Gasteiger partial charge is 0.467 e. The van der Waals surface area contributed by atoms with Crippen molar-refractivity contribution >= 4 is 18.2 Å². The van der Waals surface area contributed by atoms with Crippen LogP contribution >= 0.6 is 0 Å². The van der Waals surface area contributed by atoms with Gasteiger partial charge in [-0.25, -0.2) is 14.4 Å². The maximum atomic E-state index is 12.5. The molecule has 0 spiro atoms. The van der Waals surface area contributed by atoms with E-state index in [1.807, 2.05) is 60.7 Å². The third-order valence-corrected chi connectivity index (χ3v) is 4.80. The fourth-order valence-electron chi connectivity index (χ4n) is 3.28. The van der Waals surface area contributed by atoms with E-state index in [-0.39, 0.29) is 19.8 Å². The first-order valence-electron chi connectivity index (χ1n) is 9.61. The van der Waals surface area contributed by atoms with Crippen LogP contribution in [0.15, 0.2) is 60.7 Å². The molecule has 1 aliphatic rings. The Balaban J connectivity index is 1.57. The van der Waals surface area contributed by atoms with E-state index in [0.29, 0.717) is 6.42 Å². The lowest BCUT2D eigenvalue weighted by molar-refractivity contribution is -0.146. The van der Waals surface area contributed by atoms with E-state index < -0.39 is 30.2 Å². The second-order valence-corrected chi connectivity index (χ2v) is 6.80. The average Bonchev–Trinajstić information content (AvgIpc) is 3.20. The van der Waals surface area contributed by atoms with Crippen LogP contribution in [-0.2, 0) is 32.2 Å². The molecule has 0 aliphatic carbocycles. The summed E-state index contributed by atoms with van der Waals surface area (Å²) in [4.78, 5) is 38.3. The number of alkyl carbamates (subject to hydrolysis) is 1. The number of carbonyl (C=O) groups is 3. The van der Waals surface area contributed by atoms with Crippen molar-refractivity contribution in [3.05, 3.63) is 71.8 Å². The summed E-state index contributed by atoms with van der Waals surface area (Å²) in [6, 6.07) is 16.8. The Labute approximate surface area is 174 Å². The van der Waals surface area contributed by atoms with E-state index in [1.54, 1.807) is 0 Å². The van der Waals surface area contributed by atoms with Gasteiger partial charge in [0.25, 0.3) is 0 Å². The van der Waals surface area contributed by atoms with E-state index in [9.17, 15) is 14.4 Å². The van der Waals surface area contributed by atoms with Gasteiger partial charge in [0.2, 0.25) is 0 Å². The van der Waals surface area contributed by atoms with Gasteiger partial charge in [-0.1, -0.05) is 60.7 Å². The van der Waals surface area contributed by atoms with Gasteiger partial charge in [0.15, 0.2) is 6.04 Å². The molecule has 0 radical (unpaired) electrons. The normalized spacial score (nSPS) is 17.8. The fraction of sp³-hybridized carbons (Fsp3) is 0.318. The van der Waals surface area contributed by atoms with Crippen LogP contribution in [0.1, 0.15) is 17.5 Å². The van der Waals surface area contributed by atoms with Gasteiger partial charge in [0, 0.05) is 6.54 Å². The molecule has 1 saturated heterocycles. The predicted molar refractivity (Wildman–Crippen MR) is 107 cm³/mol. The summed E-state index contributed by atoms with van der Waals surface area (Å²) in [6.45, 7) is 0.434. The Morgan fingerprint density at radius 3 is 2.07 bits per heavy atom. The standard InChI is InChI=1S/C22H24N2O6/c1-28-20(25)19-18(23-21(26)29-14-16-8-4-2-5-9-16)12-13-24(19)22(27)30-15-17-10-6-3-7-11-17/h2-11,18-19H,12-15H2,1H3,(H,23,26)/t18-,19+/m1/s1. The van der Waals surface area contributed by atoms with Crippen LogP contribution in [0.3, 0.4) is 0 Å². The number of methoxy groups -OCH3 is 1. The molecule has 3 rings (SSSR count). The number of esters is 1. The van der Waals surface area contributed by atoms with Crippen LogP contribution < -0.4 is 5.32 Å². The first-order chi connectivity index (χ1) is 14.6. The van der Waals surface area contributed by atoms with Gasteiger partial charge < -0.3 is 19.5 Å². The molecule has 2 aromatic carbocycles. The molecule has 158 valence electrons. The number of rotatable bonds is 6. The highest BCUT2D eigenvalue weighted by molar-refractivity contribution is 5.84. The van der Waals surface area contributed by atoms with Crippen molar-refractivity contribution in [3.8, 4) is 0 Å². The molecule has 0 saturated carbocycles. The smallest absolute Gasteiger partial charge is 0.410 e. The molecule has 8 heteroatoms. The van der Waals surface area contributed by atoms with Gasteiger partial charge >= 0.3 is 18.2 Å². The summed E-state index contributed by atoms with van der Waals surface area (Å²) in [6.07, 6.45) is -0.936. The number of benzene rings is 2. The zero-order valence-corrected chi connectivity index (χ0v) is 16.7. The quantitative estimate of drug-likeness (QED) is 0.579. The second kappa shape index (κ2) is 10.3. The number of hydrogen-bond donors (Lipinski definition) is 1. The minimum Gasteiger partial charge on any atom is -0.467 e. The van der Waals surface area contributed by atoms with Gasteiger partial charge in [-0.05, 0) is 17.5 Å². The molecule has 8 nitrogen and oxygen atoms in total. The zero-order chi connectivity index (χ0) is 21.3. The van der Waals surface area contributed by atoms with E-state index in [2.05, 4.69) is 5.32 Å². The number of carbonyl (C=O) groups excluding carboxylic acids is 3. The lowest BCUT2D eigenvalue weighted by atomic mass is 10.1. The number of hydrogen-bond acceptors (Lipinski definition) is 6. The molecule has 1 aliphatic heterocycles. The van der Waals surface area contributed by atoms with Gasteiger partial charge in [0.05, 0.1) is 13.2 Å². The lowest BCUT2D eigenvalue weighted by Crippen LogP contribution is -2.51. The third kappa shape index (κ3) is 5.50. The van der Waals surface area contributed by atoms with Crippen molar-refractivity contribution in [2.24, 2.45) is 0 Å². The maximum absolute atomic E-state index is 12.5. The van der Waals surface area contributed by atoms with Crippen LogP contribution in [0.5, 0.6) is 0 Å². The summed E-state index contributed by atoms with van der Waals surface area (Å²) >= 11 is 0. The highest BCUT2D eigenvalue weighted by Gasteiger charge is 2.44. The maximum Gasteiger partial charge on any atom is 0.410 e. The van der Waals surface area contributed by atoms with Gasteiger partial charge in [0.1, 0.15) is 13.2 Å². The first-order valence-corrected chi connectivity index (χ1v) is 9.61. The van der Waals surface area contributed by atoms with Crippen molar-refractivity contribution in [2.75, 3.05) is 13.7 Å². The van der Waals surface area contributed by atoms with Crippen molar-refractivity contribution in [3.63, 3.8) is 0 Å². The third-order valence-electron chi connectivity index (χ3n) is 4.80. The van der Waals surface area contributed by atoms with Crippen LogP contribution in [0.25, 0.3) is 0 Å². The monoisotopic (exact) mass is 412 g/mol. The average molecular weight is 412 g/mol. The lowest BCUT2D eigenvalue weighted by Gasteiger charge is -2.25. The molecule has 0 aromatic heterocycles. The summed E-state index contributed by atoms with van der Waals surface area (Å²) in [7, 11) is 1.24. The molecule has 0 unspecified atom stereocenters. The summed E-state index contributed by atoms with van der Waals surface area (Å²) in [5, 5.41) is 2.66. The van der Waals surface area contributed by atoms with Crippen LogP contribution in [0.4, 0.5) is 9.59 Å². The number of ether oxygens (including phenoxy) is 3. The summed E-state index contributed by atoms with van der Waals surface area (Å²) < 4.78 is 15.4. The van der Waals surface area contributed by atoms with Gasteiger partial charge in [-0.15, -0.1) is 0 Å². The minimum atomic E-state index is -0.984. The second-order valence-electron chi connectivity index (χ2n) is 6.80. The SMILES string of the molecule is COC(=O)[C@@H]1[C@H](NC(=O)OCc2ccccc2)CCN1C(=O)OCc1ccccc1. The van der Waals surface area contributed by atoms with E-state index in [1.165, 1.54) is 12.0 Å². The summed E-state index contributed by atoms with van der Waals surface area (Å²) in [5.41, 5.74) is 1.67. The Hall–Kier alpha value is -3.55. The molecule has 2 amide bonds. The van der Waals surface area contributed by atoms with Crippen LogP contribution in [-0.4, -0.2) is 48.8 Å². The highest BCUT2D eigenvalue weighted by atomic mass is 16.6. The van der Waals surface area contributed by atoms with Crippen molar-refractivity contribution in [2.45, 2.75) is 31.7 Å². The fourth-order valence-corrected chi connectivity index (χ4v) is 3.28. The van der Waals surface area contributed by atoms with E-state index >= 15 is 0 Å². The molecule has 1 heterocycles. The molecule has 2 aromatic rings. The minimum absolute atomic E-state index is 0.0846. The van der Waals surface area contributed by atoms with E-state index in [4.69, 9.17) is 14.2 Å². The van der Waals surface area contributed by atoms with Gasteiger partial charge in [-0.3, -0.25) is 4.90 Å². The van der Waals surface area contributed by atoms with Crippen LogP contribution in [0, 0.1) is 0 Å². The zero-order valence-electron chi connectivity index (χ0n) is 16.7. The van der Waals surface area contributed by atoms with Crippen molar-refractivity contribution < 1.29 is 28.6 Å². The van der Waals surface area contributed by atoms with E-state index in [0.717, 1.165) is 11.1 Å². The molecule has 0 bridgehead atoms. The first kappa shape index (κ1) is 21.2. The van der Waals surface area contributed by atoms with Crippen molar-refractivity contribution in [1.82, 2.24) is 10.2 Å². The molecule has 1 fully saturated rings. The molecule has 1 N–H and O–H groups in total. The van der Waals surface area contributed by atoms with Crippen LogP contribution in [0.2, 0.25) is 0 Å².